The Kier molecular flexibility index (Phi) is 8.38. The van der Waals surface area contributed by atoms with Crippen LogP contribution in [-0.2, 0) is 14.3 Å². The number of dihydropyridines is 1. The number of allylic oxidation sites excluding steroid dienone is 4. The predicted molar refractivity (Wildman–Crippen MR) is 120 cm³/mol. The lowest BCUT2D eigenvalue weighted by atomic mass is 10.0. The van der Waals surface area contributed by atoms with Gasteiger partial charge in [0.1, 0.15) is 0 Å². The van der Waals surface area contributed by atoms with Gasteiger partial charge in [-0.1, -0.05) is 6.08 Å². The molecular formula is C23H32N4O4. The van der Waals surface area contributed by atoms with E-state index in [4.69, 9.17) is 10.1 Å². The number of hydrogen-bond acceptors (Lipinski definition) is 6. The van der Waals surface area contributed by atoms with Gasteiger partial charge >= 0.3 is 0 Å². The van der Waals surface area contributed by atoms with Crippen molar-refractivity contribution in [3.05, 3.63) is 59.4 Å². The third-order valence-electron chi connectivity index (χ3n) is 4.79. The van der Waals surface area contributed by atoms with E-state index in [1.165, 1.54) is 7.11 Å². The number of rotatable bonds is 11. The molecule has 0 radical (unpaired) electrons. The molecule has 1 saturated carbocycles. The van der Waals surface area contributed by atoms with E-state index in [0.29, 0.717) is 41.3 Å². The summed E-state index contributed by atoms with van der Waals surface area (Å²) in [4.78, 5) is 25.2. The maximum Gasteiger partial charge on any atom is 0.251 e. The van der Waals surface area contributed by atoms with Crippen molar-refractivity contribution in [2.45, 2.75) is 58.1 Å². The Morgan fingerprint density at radius 3 is 2.74 bits per heavy atom. The van der Waals surface area contributed by atoms with Gasteiger partial charge in [-0.3, -0.25) is 9.59 Å². The summed E-state index contributed by atoms with van der Waals surface area (Å²) >= 11 is 0. The highest BCUT2D eigenvalue weighted by Gasteiger charge is 2.26. The number of hydrogen-bond donors (Lipinski definition) is 4. The van der Waals surface area contributed by atoms with Crippen LogP contribution in [0.5, 0.6) is 0 Å². The molecule has 0 aromatic rings. The number of aliphatic hydroxyl groups is 1. The van der Waals surface area contributed by atoms with Crippen molar-refractivity contribution in [1.29, 1.82) is 5.41 Å². The Labute approximate surface area is 183 Å². The molecule has 0 saturated heterocycles. The van der Waals surface area contributed by atoms with Crippen LogP contribution in [0.2, 0.25) is 0 Å². The van der Waals surface area contributed by atoms with Gasteiger partial charge in [-0.2, -0.15) is 0 Å². The summed E-state index contributed by atoms with van der Waals surface area (Å²) in [5.74, 6) is 0.152. The molecule has 0 aromatic carbocycles. The van der Waals surface area contributed by atoms with Crippen molar-refractivity contribution >= 4 is 18.0 Å². The minimum Gasteiger partial charge on any atom is -0.493 e. The third-order valence-corrected chi connectivity index (χ3v) is 4.79. The molecule has 0 spiro atoms. The van der Waals surface area contributed by atoms with Crippen molar-refractivity contribution in [2.24, 2.45) is 0 Å². The summed E-state index contributed by atoms with van der Waals surface area (Å²) in [6, 6.07) is 0.276. The summed E-state index contributed by atoms with van der Waals surface area (Å²) in [7, 11) is 1.50. The molecule has 0 atom stereocenters. The second kappa shape index (κ2) is 10.8. The lowest BCUT2D eigenvalue weighted by Gasteiger charge is -2.19. The molecule has 0 aromatic heterocycles. The Balaban J connectivity index is 2.04. The number of carbonyl (C=O) groups excluding carboxylic acids is 2. The summed E-state index contributed by atoms with van der Waals surface area (Å²) in [6.07, 6.45) is 13.7. The molecule has 31 heavy (non-hydrogen) atoms. The first-order valence-corrected chi connectivity index (χ1v) is 10.3. The molecule has 8 heteroatoms. The number of carbonyl (C=O) groups is 2. The van der Waals surface area contributed by atoms with Gasteiger partial charge in [0.25, 0.3) is 5.91 Å². The molecule has 1 heterocycles. The van der Waals surface area contributed by atoms with Crippen LogP contribution in [0.25, 0.3) is 0 Å². The molecule has 8 nitrogen and oxygen atoms in total. The zero-order valence-corrected chi connectivity index (χ0v) is 18.6. The molecule has 0 bridgehead atoms. The highest BCUT2D eigenvalue weighted by atomic mass is 16.5. The van der Waals surface area contributed by atoms with Crippen LogP contribution >= 0.6 is 0 Å². The molecule has 168 valence electrons. The fourth-order valence-electron chi connectivity index (χ4n) is 2.74. The third kappa shape index (κ3) is 8.25. The van der Waals surface area contributed by atoms with Crippen LogP contribution in [0.1, 0.15) is 46.5 Å². The zero-order chi connectivity index (χ0) is 23.0. The average molecular weight is 429 g/mol. The standard InChI is InChI=1S/C23H32N4O4/c1-16(6-5-11-27(15-28)19-7-8-19)22(29)26-20-13-18(25-14-21(20)31-4)12-17(24)9-10-23(2,3)30/h5-6,11-15,19,24-25,30H,7-10H2,1-4H3,(H,26,29)/b11-5-,16-6+,18-12-,24-17?. The fourth-order valence-corrected chi connectivity index (χ4v) is 2.74. The first-order valence-electron chi connectivity index (χ1n) is 10.3. The SMILES string of the molecule is COC1=CN/C(=C\C(=N)CCC(C)(C)O)C=C1NC(=O)/C(C)=C/C=C\N(C=O)C1CC1. The predicted octanol–water partition coefficient (Wildman–Crippen LogP) is 2.61. The highest BCUT2D eigenvalue weighted by molar-refractivity contribution is 5.95. The largest absolute Gasteiger partial charge is 0.493 e. The number of nitrogens with one attached hydrogen (secondary N) is 3. The molecule has 1 aliphatic carbocycles. The van der Waals surface area contributed by atoms with E-state index in [-0.39, 0.29) is 11.9 Å². The summed E-state index contributed by atoms with van der Waals surface area (Å²) in [5, 5.41) is 23.8. The van der Waals surface area contributed by atoms with E-state index >= 15 is 0 Å². The second-order valence-electron chi connectivity index (χ2n) is 8.28. The quantitative estimate of drug-likeness (QED) is 0.175. The molecule has 1 fully saturated rings. The van der Waals surface area contributed by atoms with Crippen molar-refractivity contribution in [1.82, 2.24) is 15.5 Å². The molecule has 1 aliphatic heterocycles. The van der Waals surface area contributed by atoms with E-state index in [2.05, 4.69) is 10.6 Å². The molecule has 2 amide bonds. The van der Waals surface area contributed by atoms with E-state index in [9.17, 15) is 14.7 Å². The van der Waals surface area contributed by atoms with E-state index < -0.39 is 5.60 Å². The number of methoxy groups -OCH3 is 1. The molecule has 2 aliphatic rings. The normalized spacial score (nSPS) is 18.2. The van der Waals surface area contributed by atoms with Crippen LogP contribution in [0.4, 0.5) is 0 Å². The second-order valence-corrected chi connectivity index (χ2v) is 8.28. The summed E-state index contributed by atoms with van der Waals surface area (Å²) in [6.45, 7) is 5.10. The molecule has 0 unspecified atom stereocenters. The topological polar surface area (TPSA) is 115 Å². The van der Waals surface area contributed by atoms with E-state index in [1.54, 1.807) is 62.4 Å². The van der Waals surface area contributed by atoms with Crippen LogP contribution in [0.3, 0.4) is 0 Å². The number of amides is 2. The van der Waals surface area contributed by atoms with Crippen molar-refractivity contribution < 1.29 is 19.4 Å². The first-order chi connectivity index (χ1) is 14.6. The van der Waals surface area contributed by atoms with Crippen LogP contribution in [0.15, 0.2) is 59.4 Å². The van der Waals surface area contributed by atoms with Crippen LogP contribution < -0.4 is 10.6 Å². The molecular weight excluding hydrogens is 396 g/mol. The number of nitrogens with zero attached hydrogens (tertiary/aromatic N) is 1. The highest BCUT2D eigenvalue weighted by Crippen LogP contribution is 2.25. The Bertz CT molecular complexity index is 855. The Morgan fingerprint density at radius 1 is 1.45 bits per heavy atom. The van der Waals surface area contributed by atoms with Crippen molar-refractivity contribution in [2.75, 3.05) is 7.11 Å². The first kappa shape index (κ1) is 24.1. The Hall–Kier alpha value is -3.13. The monoisotopic (exact) mass is 428 g/mol. The van der Waals surface area contributed by atoms with Crippen LogP contribution in [-0.4, -0.2) is 46.8 Å². The van der Waals surface area contributed by atoms with Gasteiger partial charge in [-0.15, -0.1) is 0 Å². The van der Waals surface area contributed by atoms with Gasteiger partial charge in [0.05, 0.1) is 18.4 Å². The van der Waals surface area contributed by atoms with Crippen LogP contribution in [0, 0.1) is 5.41 Å². The number of ether oxygens (including phenoxy) is 1. The molecule has 4 N–H and O–H groups in total. The lowest BCUT2D eigenvalue weighted by Crippen LogP contribution is -2.28. The van der Waals surface area contributed by atoms with Gasteiger partial charge in [0, 0.05) is 35.4 Å². The summed E-state index contributed by atoms with van der Waals surface area (Å²) < 4.78 is 5.31. The molecule has 2 rings (SSSR count). The maximum absolute atomic E-state index is 12.6. The van der Waals surface area contributed by atoms with Crippen molar-refractivity contribution in [3.63, 3.8) is 0 Å². The Morgan fingerprint density at radius 2 is 2.16 bits per heavy atom. The van der Waals surface area contributed by atoms with Gasteiger partial charge in [-0.25, -0.2) is 0 Å². The lowest BCUT2D eigenvalue weighted by molar-refractivity contribution is -0.117. The van der Waals surface area contributed by atoms with Gasteiger partial charge in [0.2, 0.25) is 6.41 Å². The fraction of sp³-hybridized carbons (Fsp3) is 0.435. The average Bonchev–Trinajstić information content (AvgIpc) is 3.54. The van der Waals surface area contributed by atoms with Gasteiger partial charge in [-0.05, 0) is 64.7 Å². The minimum atomic E-state index is -0.831. The van der Waals surface area contributed by atoms with E-state index in [0.717, 1.165) is 19.3 Å². The zero-order valence-electron chi connectivity index (χ0n) is 18.6. The van der Waals surface area contributed by atoms with E-state index in [1.807, 2.05) is 0 Å². The summed E-state index contributed by atoms with van der Waals surface area (Å²) in [5.41, 5.74) is 1.10. The van der Waals surface area contributed by atoms with Gasteiger partial charge < -0.3 is 30.8 Å². The smallest absolute Gasteiger partial charge is 0.251 e. The maximum atomic E-state index is 12.6. The van der Waals surface area contributed by atoms with Crippen molar-refractivity contribution in [3.8, 4) is 0 Å². The van der Waals surface area contributed by atoms with Gasteiger partial charge in [0.15, 0.2) is 5.76 Å². The minimum absolute atomic E-state index is 0.276.